The molecule has 0 aliphatic heterocycles. The van der Waals surface area contributed by atoms with Gasteiger partial charge in [-0.2, -0.15) is 25.2 Å². The number of anilines is 1. The zero-order chi connectivity index (χ0) is 25.1. The number of nitrogens with one attached hydrogen (secondary N) is 1. The number of hydrogen-bond acceptors (Lipinski definition) is 8. The van der Waals surface area contributed by atoms with Crippen LogP contribution in [-0.2, 0) is 6.54 Å². The minimum atomic E-state index is 0.485. The van der Waals surface area contributed by atoms with Gasteiger partial charge in [0.25, 0.3) is 0 Å². The highest BCUT2D eigenvalue weighted by atomic mass is 35.5. The third-order valence-corrected chi connectivity index (χ3v) is 6.11. The monoisotopic (exact) mass is 502 g/mol. The van der Waals surface area contributed by atoms with Crippen molar-refractivity contribution in [1.82, 2.24) is 25.2 Å². The maximum Gasteiger partial charge on any atom is 0.139 e. The molecule has 0 saturated carbocycles. The molecule has 0 amide bonds. The van der Waals surface area contributed by atoms with Gasteiger partial charge in [0.1, 0.15) is 17.2 Å². The fraction of sp³-hybridized carbons (Fsp3) is 0.154. The Kier molecular flexibility index (Phi) is 6.55. The van der Waals surface area contributed by atoms with Crippen molar-refractivity contribution in [1.29, 1.82) is 0 Å². The highest BCUT2D eigenvalue weighted by molar-refractivity contribution is 6.32. The first-order valence-corrected chi connectivity index (χ1v) is 11.4. The lowest BCUT2D eigenvalue weighted by atomic mass is 10.0. The molecule has 10 heteroatoms. The van der Waals surface area contributed by atoms with Crippen LogP contribution in [0.4, 0.5) is 5.69 Å². The number of fused-ring (bicyclic) bond motifs is 1. The Morgan fingerprint density at radius 1 is 0.889 bits per heavy atom. The summed E-state index contributed by atoms with van der Waals surface area (Å²) in [6.07, 6.45) is 4.94. The second-order valence-electron chi connectivity index (χ2n) is 7.84. The summed E-state index contributed by atoms with van der Waals surface area (Å²) in [5.41, 5.74) is 5.03. The van der Waals surface area contributed by atoms with E-state index in [2.05, 4.69) is 25.7 Å². The van der Waals surface area contributed by atoms with Gasteiger partial charge in [-0.3, -0.25) is 0 Å². The summed E-state index contributed by atoms with van der Waals surface area (Å²) in [5.74, 6) is 2.02. The number of benzene rings is 3. The van der Waals surface area contributed by atoms with Crippen LogP contribution in [0.15, 0.2) is 67.1 Å². The molecular weight excluding hydrogens is 480 g/mol. The molecule has 1 N–H and O–H groups in total. The van der Waals surface area contributed by atoms with Crippen molar-refractivity contribution >= 4 is 28.2 Å². The number of ether oxygens (including phenoxy) is 3. The summed E-state index contributed by atoms with van der Waals surface area (Å²) in [5, 5.41) is 22.0. The molecule has 0 unspecified atom stereocenters. The van der Waals surface area contributed by atoms with Gasteiger partial charge in [-0.25, -0.2) is 0 Å². The Bertz CT molecular complexity index is 1520. The smallest absolute Gasteiger partial charge is 0.139 e. The first-order chi connectivity index (χ1) is 17.6. The molecule has 9 nitrogen and oxygen atoms in total. The van der Waals surface area contributed by atoms with Crippen molar-refractivity contribution in [2.24, 2.45) is 0 Å². The van der Waals surface area contributed by atoms with Gasteiger partial charge in [-0.05, 0) is 35.9 Å². The zero-order valence-corrected chi connectivity index (χ0v) is 20.7. The topological polar surface area (TPSA) is 96.2 Å². The van der Waals surface area contributed by atoms with E-state index in [0.717, 1.165) is 50.5 Å². The van der Waals surface area contributed by atoms with Crippen LogP contribution in [0.3, 0.4) is 0 Å². The largest absolute Gasteiger partial charge is 0.497 e. The van der Waals surface area contributed by atoms with Crippen LogP contribution in [0.5, 0.6) is 17.2 Å². The van der Waals surface area contributed by atoms with Gasteiger partial charge >= 0.3 is 0 Å². The van der Waals surface area contributed by atoms with Crippen molar-refractivity contribution in [2.75, 3.05) is 26.6 Å². The summed E-state index contributed by atoms with van der Waals surface area (Å²) in [6.45, 7) is 0.541. The quantitative estimate of drug-likeness (QED) is 0.310. The highest BCUT2D eigenvalue weighted by Gasteiger charge is 2.15. The molecule has 5 aromatic rings. The molecule has 0 atom stereocenters. The Morgan fingerprint density at radius 3 is 2.44 bits per heavy atom. The lowest BCUT2D eigenvalue weighted by Crippen LogP contribution is -2.04. The molecule has 182 valence electrons. The SMILES string of the molecule is COc1ccc(CNc2cnnc3cc(-c4cc(Cl)c(OC)cc4-n4nccn4)ccc23)c(OC)c1. The standard InChI is InChI=1S/C26H23ClN6O3/c1-34-18-6-4-17(25(11-18)35-2)14-28-23-15-29-32-22-10-16(5-7-19(22)23)20-12-21(27)26(36-3)13-24(20)33-30-8-9-31-33/h4-13,15H,14H2,1-3H3,(H,28,32). The Balaban J connectivity index is 1.50. The lowest BCUT2D eigenvalue weighted by molar-refractivity contribution is 0.391. The predicted molar refractivity (Wildman–Crippen MR) is 138 cm³/mol. The fourth-order valence-electron chi connectivity index (χ4n) is 3.99. The number of rotatable bonds is 8. The number of halogens is 1. The third kappa shape index (κ3) is 4.48. The molecule has 36 heavy (non-hydrogen) atoms. The van der Waals surface area contributed by atoms with Gasteiger partial charge in [-0.1, -0.05) is 17.7 Å². The molecular formula is C26H23ClN6O3. The molecule has 0 bridgehead atoms. The van der Waals surface area contributed by atoms with E-state index in [1.54, 1.807) is 39.9 Å². The van der Waals surface area contributed by atoms with E-state index in [1.165, 1.54) is 4.80 Å². The first-order valence-electron chi connectivity index (χ1n) is 11.1. The van der Waals surface area contributed by atoms with E-state index in [0.29, 0.717) is 17.3 Å². The molecule has 2 aromatic heterocycles. The number of hydrogen-bond donors (Lipinski definition) is 1. The molecule has 2 heterocycles. The van der Waals surface area contributed by atoms with Crippen molar-refractivity contribution in [3.05, 3.63) is 77.7 Å². The predicted octanol–water partition coefficient (Wildman–Crippen LogP) is 5.17. The molecule has 0 spiro atoms. The van der Waals surface area contributed by atoms with E-state index < -0.39 is 0 Å². The summed E-state index contributed by atoms with van der Waals surface area (Å²) >= 11 is 6.47. The Morgan fingerprint density at radius 2 is 1.69 bits per heavy atom. The average Bonchev–Trinajstić information content (AvgIpc) is 3.46. The normalized spacial score (nSPS) is 10.9. The zero-order valence-electron chi connectivity index (χ0n) is 19.9. The molecule has 3 aromatic carbocycles. The van der Waals surface area contributed by atoms with E-state index in [4.69, 9.17) is 25.8 Å². The average molecular weight is 503 g/mol. The minimum Gasteiger partial charge on any atom is -0.497 e. The first kappa shape index (κ1) is 23.4. The molecule has 0 saturated heterocycles. The summed E-state index contributed by atoms with van der Waals surface area (Å²) < 4.78 is 16.2. The van der Waals surface area contributed by atoms with Crippen molar-refractivity contribution < 1.29 is 14.2 Å². The van der Waals surface area contributed by atoms with Crippen LogP contribution in [0.1, 0.15) is 5.56 Å². The molecule has 0 fully saturated rings. The van der Waals surface area contributed by atoms with Gasteiger partial charge in [0, 0.05) is 35.2 Å². The van der Waals surface area contributed by atoms with Crippen molar-refractivity contribution in [2.45, 2.75) is 6.54 Å². The van der Waals surface area contributed by atoms with Crippen LogP contribution in [0.25, 0.3) is 27.7 Å². The van der Waals surface area contributed by atoms with Crippen LogP contribution in [-0.4, -0.2) is 46.5 Å². The number of methoxy groups -OCH3 is 3. The van der Waals surface area contributed by atoms with Crippen LogP contribution in [0, 0.1) is 0 Å². The summed E-state index contributed by atoms with van der Waals surface area (Å²) in [7, 11) is 4.84. The second-order valence-corrected chi connectivity index (χ2v) is 8.25. The molecule has 0 radical (unpaired) electrons. The maximum absolute atomic E-state index is 6.47. The van der Waals surface area contributed by atoms with Crippen LogP contribution in [0.2, 0.25) is 5.02 Å². The van der Waals surface area contributed by atoms with Gasteiger partial charge in [-0.15, -0.1) is 0 Å². The Labute approximate surface area is 212 Å². The van der Waals surface area contributed by atoms with Gasteiger partial charge in [0.05, 0.1) is 61.8 Å². The molecule has 0 aliphatic rings. The van der Waals surface area contributed by atoms with Gasteiger partial charge in [0.2, 0.25) is 0 Å². The van der Waals surface area contributed by atoms with E-state index >= 15 is 0 Å². The fourth-order valence-corrected chi connectivity index (χ4v) is 4.23. The maximum atomic E-state index is 6.47. The van der Waals surface area contributed by atoms with E-state index in [1.807, 2.05) is 48.5 Å². The molecule has 5 rings (SSSR count). The van der Waals surface area contributed by atoms with Crippen molar-refractivity contribution in [3.8, 4) is 34.1 Å². The van der Waals surface area contributed by atoms with Gasteiger partial charge < -0.3 is 19.5 Å². The lowest BCUT2D eigenvalue weighted by Gasteiger charge is -2.15. The third-order valence-electron chi connectivity index (χ3n) is 5.82. The summed E-state index contributed by atoms with van der Waals surface area (Å²) in [4.78, 5) is 1.53. The van der Waals surface area contributed by atoms with E-state index in [9.17, 15) is 0 Å². The van der Waals surface area contributed by atoms with Crippen molar-refractivity contribution in [3.63, 3.8) is 0 Å². The molecule has 0 aliphatic carbocycles. The second kappa shape index (κ2) is 10.1. The number of nitrogens with zero attached hydrogens (tertiary/aromatic N) is 5. The van der Waals surface area contributed by atoms with Crippen LogP contribution >= 0.6 is 11.6 Å². The highest BCUT2D eigenvalue weighted by Crippen LogP contribution is 2.37. The van der Waals surface area contributed by atoms with E-state index in [-0.39, 0.29) is 0 Å². The summed E-state index contributed by atoms with van der Waals surface area (Å²) in [6, 6.07) is 15.4. The minimum absolute atomic E-state index is 0.485. The number of aromatic nitrogens is 5. The Hall–Kier alpha value is -4.37. The van der Waals surface area contributed by atoms with Crippen LogP contribution < -0.4 is 19.5 Å². The van der Waals surface area contributed by atoms with Gasteiger partial charge in [0.15, 0.2) is 0 Å².